The van der Waals surface area contributed by atoms with Crippen LogP contribution in [0.4, 0.5) is 0 Å². The molecule has 19 nitrogen and oxygen atoms in total. The van der Waals surface area contributed by atoms with Crippen molar-refractivity contribution in [1.82, 2.24) is 40.9 Å². The largest absolute Gasteiger partial charge is 0.496 e. The summed E-state index contributed by atoms with van der Waals surface area (Å²) >= 11 is 0. The summed E-state index contributed by atoms with van der Waals surface area (Å²) in [5.41, 5.74) is 16.9. The first-order valence-electron chi connectivity index (χ1n) is 47.3. The average Bonchev–Trinajstić information content (AvgIpc) is 1.19. The van der Waals surface area contributed by atoms with E-state index in [9.17, 15) is 24.4 Å². The number of piperidine rings is 6. The van der Waals surface area contributed by atoms with Crippen molar-refractivity contribution in [2.24, 2.45) is 39.2 Å². The van der Waals surface area contributed by atoms with Crippen LogP contribution in [0, 0.1) is 67.5 Å². The number of amides is 4. The smallest absolute Gasteiger partial charge is 0.255 e. The topological polar surface area (TPSA) is 254 Å². The third-order valence-corrected chi connectivity index (χ3v) is 26.6. The van der Waals surface area contributed by atoms with E-state index < -0.39 is 0 Å². The fourth-order valence-electron chi connectivity index (χ4n) is 18.4. The van der Waals surface area contributed by atoms with Gasteiger partial charge in [-0.05, 0) is 273 Å². The molecule has 0 spiro atoms. The molecule has 7 aliphatic rings. The summed E-state index contributed by atoms with van der Waals surface area (Å²) in [7, 11) is 3.20. The van der Waals surface area contributed by atoms with E-state index in [-0.39, 0.29) is 51.2 Å². The number of rotatable bonds is 23. The molecular formula is C112H136N12O7. The fraction of sp³-hybridized carbons (Fsp3) is 0.402. The van der Waals surface area contributed by atoms with Gasteiger partial charge in [-0.3, -0.25) is 29.0 Å². The summed E-state index contributed by atoms with van der Waals surface area (Å²) in [6.07, 6.45) is 18.2. The lowest BCUT2D eigenvalue weighted by Gasteiger charge is -2.42. The highest BCUT2D eigenvalue weighted by molar-refractivity contribution is 5.98. The molecular weight excluding hydrogens is 1630 g/mol. The number of carbonyl (C=O) groups excluding carboxylic acids is 4. The van der Waals surface area contributed by atoms with E-state index in [0.717, 1.165) is 186 Å². The lowest BCUT2D eigenvalue weighted by atomic mass is 9.73. The van der Waals surface area contributed by atoms with Gasteiger partial charge in [0.2, 0.25) is 0 Å². The maximum atomic E-state index is 13.0. The number of ether oxygens (including phenoxy) is 3. The summed E-state index contributed by atoms with van der Waals surface area (Å²) in [5.74, 6) is 1.69. The van der Waals surface area contributed by atoms with Gasteiger partial charge in [0.15, 0.2) is 0 Å². The third kappa shape index (κ3) is 32.5. The van der Waals surface area contributed by atoms with E-state index in [2.05, 4.69) is 207 Å². The Balaban J connectivity index is 0.000000154. The zero-order valence-corrected chi connectivity index (χ0v) is 77.1. The van der Waals surface area contributed by atoms with Gasteiger partial charge in [0, 0.05) is 88.5 Å². The molecule has 0 bridgehead atoms. The molecule has 19 heteroatoms. The Kier molecular flexibility index (Phi) is 40.9. The van der Waals surface area contributed by atoms with E-state index >= 15 is 0 Å². The highest BCUT2D eigenvalue weighted by atomic mass is 16.5. The second-order valence-corrected chi connectivity index (χ2v) is 36.0. The maximum Gasteiger partial charge on any atom is 0.255 e. The molecule has 686 valence electrons. The van der Waals surface area contributed by atoms with E-state index in [1.54, 1.807) is 20.3 Å². The number of hydrogen-bond donors (Lipinski definition) is 5. The van der Waals surface area contributed by atoms with Gasteiger partial charge in [-0.15, -0.1) is 0 Å². The van der Waals surface area contributed by atoms with Gasteiger partial charge >= 0.3 is 0 Å². The normalized spacial score (nSPS) is 17.3. The van der Waals surface area contributed by atoms with Crippen LogP contribution >= 0.6 is 0 Å². The number of nitrogens with one attached hydrogen (secondary N) is 4. The van der Waals surface area contributed by atoms with Gasteiger partial charge in [0.05, 0.1) is 49.0 Å². The van der Waals surface area contributed by atoms with Gasteiger partial charge in [-0.1, -0.05) is 243 Å². The second-order valence-electron chi connectivity index (χ2n) is 36.0. The Hall–Kier alpha value is -12.1. The number of carbonyl (C=O) groups is 4. The predicted octanol–water partition coefficient (Wildman–Crippen LogP) is 18.5. The van der Waals surface area contributed by atoms with Gasteiger partial charge in [0.25, 0.3) is 23.6 Å². The maximum absolute atomic E-state index is 13.0. The molecule has 131 heavy (non-hydrogen) atoms. The SMILES string of the molecule is C1CCOC1.COc1ccccc1C(=O)NCC1(Cc2ccccc2)CCN(Cc2ccccc2)CC1.COc1ccccc1C(=O)NCC1(Cc2ccccc2)CCNCC1.N#CC1(Cc2ccccc2)CCN(C(=O)c2ccccc2)CC1.N#CC1CCN(C(=O)c2ccccc2)CC1.N#CC1CCNCC1.NCC1(Cc2ccccc2)CCN(Cc2ccccc2)CC1. The van der Waals surface area contributed by atoms with Gasteiger partial charge in [-0.25, -0.2) is 0 Å². The molecule has 7 heterocycles. The molecule has 0 atom stereocenters. The monoisotopic (exact) mass is 1760 g/mol. The summed E-state index contributed by atoms with van der Waals surface area (Å²) in [4.78, 5) is 59.0. The van der Waals surface area contributed by atoms with E-state index in [4.69, 9.17) is 30.5 Å². The number of para-hydroxylation sites is 2. The van der Waals surface area contributed by atoms with E-state index in [1.807, 2.05) is 137 Å². The highest BCUT2D eigenvalue weighted by Crippen LogP contribution is 2.39. The van der Waals surface area contributed by atoms with Gasteiger partial charge in [0.1, 0.15) is 11.5 Å². The number of hydrogen-bond acceptors (Lipinski definition) is 15. The number of likely N-dealkylation sites (tertiary alicyclic amines) is 4. The molecule has 0 aliphatic carbocycles. The van der Waals surface area contributed by atoms with E-state index in [1.165, 1.54) is 59.1 Å². The number of methoxy groups -OCH3 is 2. The predicted molar refractivity (Wildman–Crippen MR) is 523 cm³/mol. The first-order chi connectivity index (χ1) is 64.2. The first kappa shape index (κ1) is 99.5. The zero-order valence-electron chi connectivity index (χ0n) is 77.1. The highest BCUT2D eigenvalue weighted by Gasteiger charge is 2.39. The van der Waals surface area contributed by atoms with Crippen LogP contribution in [0.5, 0.6) is 11.5 Å². The van der Waals surface area contributed by atoms with Crippen molar-refractivity contribution in [3.63, 3.8) is 0 Å². The molecule has 10 aromatic rings. The van der Waals surface area contributed by atoms with Gasteiger partial charge in [-0.2, -0.15) is 15.8 Å². The quantitative estimate of drug-likeness (QED) is 0.0399. The molecule has 7 aliphatic heterocycles. The number of nitriles is 3. The lowest BCUT2D eigenvalue weighted by molar-refractivity contribution is 0.0646. The second kappa shape index (κ2) is 53.9. The van der Waals surface area contributed by atoms with Crippen LogP contribution in [0.1, 0.15) is 165 Å². The van der Waals surface area contributed by atoms with Crippen molar-refractivity contribution in [2.75, 3.05) is 126 Å². The summed E-state index contributed by atoms with van der Waals surface area (Å²) in [6, 6.07) is 104. The van der Waals surface area contributed by atoms with Crippen LogP contribution in [0.25, 0.3) is 0 Å². The number of benzene rings is 10. The van der Waals surface area contributed by atoms with Crippen LogP contribution in [-0.4, -0.2) is 169 Å². The average molecular weight is 1760 g/mol. The van der Waals surface area contributed by atoms with Crippen molar-refractivity contribution >= 4 is 23.6 Å². The Morgan fingerprint density at radius 2 is 0.702 bits per heavy atom. The standard InChI is InChI=1S/C28H32N2O2.C21H26N2O2.C20H20N2O.C20H26N2.C13H14N2O.C6H10N2.C4H8O/c1-32-26-15-9-8-14-25(26)27(31)29-22-28(20-23-10-4-2-5-11-23)16-18-30(19-17-28)21-24-12-6-3-7-13-24;1-25-19-10-6-5-9-18(19)20(24)23-16-21(11-13-22-14-12-21)15-17-7-3-2-4-8-17;21-16-20(15-17-7-3-1-4-8-17)11-13-22(14-12-20)19(23)18-9-5-2-6-10-18;21-17-20(15-18-7-3-1-4-8-18)11-13-22(14-12-20)16-19-9-5-2-6-10-19;14-10-11-6-8-15(9-7-11)13(16)12-4-2-1-3-5-12;7-5-6-1-3-8-4-2-6;1-2-4-5-3-1/h2-15H,16-22H2,1H3,(H,29,31);2-10,22H,11-16H2,1H3,(H,23,24);1-10H,11-15H2;1-10H,11-17,21H2;1-5,11H,6-9H2;6,8H,1-4H2;1-4H2. The molecule has 0 aromatic heterocycles. The molecule has 0 saturated carbocycles. The summed E-state index contributed by atoms with van der Waals surface area (Å²) in [6.45, 7) is 17.3. The van der Waals surface area contributed by atoms with Crippen LogP contribution in [0.3, 0.4) is 0 Å². The minimum absolute atomic E-state index is 0.0478. The number of nitrogens with zero attached hydrogens (tertiary/aromatic N) is 7. The molecule has 0 radical (unpaired) electrons. The van der Waals surface area contributed by atoms with Crippen molar-refractivity contribution in [3.8, 4) is 29.7 Å². The molecule has 6 N–H and O–H groups in total. The van der Waals surface area contributed by atoms with Crippen LogP contribution < -0.4 is 36.5 Å². The van der Waals surface area contributed by atoms with E-state index in [0.29, 0.717) is 67.8 Å². The molecule has 0 unspecified atom stereocenters. The summed E-state index contributed by atoms with van der Waals surface area (Å²) in [5, 5.41) is 39.9. The molecule has 17 rings (SSSR count). The minimum atomic E-state index is -0.352. The van der Waals surface area contributed by atoms with Crippen LogP contribution in [-0.2, 0) is 43.5 Å². The van der Waals surface area contributed by atoms with Crippen molar-refractivity contribution in [3.05, 3.63) is 347 Å². The van der Waals surface area contributed by atoms with Crippen LogP contribution in [0.2, 0.25) is 0 Å². The molecule has 7 fully saturated rings. The van der Waals surface area contributed by atoms with Crippen LogP contribution in [0.15, 0.2) is 291 Å². The minimum Gasteiger partial charge on any atom is -0.496 e. The Labute approximate surface area is 779 Å². The number of nitrogens with two attached hydrogens (primary N) is 1. The van der Waals surface area contributed by atoms with Crippen molar-refractivity contribution < 1.29 is 33.4 Å². The zero-order chi connectivity index (χ0) is 91.9. The molecule has 10 aromatic carbocycles. The van der Waals surface area contributed by atoms with Crippen molar-refractivity contribution in [1.29, 1.82) is 15.8 Å². The Morgan fingerprint density at radius 3 is 1.05 bits per heavy atom. The molecule has 4 amide bonds. The Morgan fingerprint density at radius 1 is 0.382 bits per heavy atom. The third-order valence-electron chi connectivity index (χ3n) is 26.6. The van der Waals surface area contributed by atoms with Gasteiger partial charge < -0.3 is 51.0 Å². The first-order valence-corrected chi connectivity index (χ1v) is 47.3. The fourth-order valence-corrected chi connectivity index (χ4v) is 18.4. The summed E-state index contributed by atoms with van der Waals surface area (Å²) < 4.78 is 15.6. The lowest BCUT2D eigenvalue weighted by Crippen LogP contribution is -2.47. The Bertz CT molecular complexity index is 5080. The van der Waals surface area contributed by atoms with Crippen molar-refractivity contribution in [2.45, 2.75) is 129 Å². The molecule has 7 saturated heterocycles.